The van der Waals surface area contributed by atoms with E-state index in [0.717, 1.165) is 44.0 Å². The Hall–Kier alpha value is -1.82. The van der Waals surface area contributed by atoms with Crippen LogP contribution in [0.1, 0.15) is 50.5 Å². The smallest absolute Gasteiger partial charge is 0.317 e. The molecule has 4 heterocycles. The van der Waals surface area contributed by atoms with Gasteiger partial charge in [-0.05, 0) is 64.1 Å². The number of carbonyl (C=O) groups excluding carboxylic acids is 1. The predicted molar refractivity (Wildman–Crippen MR) is 108 cm³/mol. The van der Waals surface area contributed by atoms with Crippen LogP contribution >= 0.6 is 0 Å². The number of piperidine rings is 2. The normalized spacial score (nSPS) is 24.2. The van der Waals surface area contributed by atoms with Crippen LogP contribution in [0, 0.1) is 0 Å². The standard InChI is InChI=1S/C21H33N5O/c27-21(26-15-7-9-19(17-26)24-11-4-5-12-24)23-16-18-8-6-10-22-20(18)25-13-2-1-3-14-25/h6,8,10,19H,1-5,7,9,11-17H2,(H,23,27). The molecule has 3 aliphatic heterocycles. The van der Waals surface area contributed by atoms with E-state index < -0.39 is 0 Å². The van der Waals surface area contributed by atoms with E-state index in [1.807, 2.05) is 17.2 Å². The summed E-state index contributed by atoms with van der Waals surface area (Å²) < 4.78 is 0. The molecule has 1 aromatic heterocycles. The second kappa shape index (κ2) is 8.91. The lowest BCUT2D eigenvalue weighted by Gasteiger charge is -2.37. The van der Waals surface area contributed by atoms with Gasteiger partial charge in [-0.2, -0.15) is 0 Å². The van der Waals surface area contributed by atoms with Gasteiger partial charge in [0.05, 0.1) is 0 Å². The third-order valence-corrected chi connectivity index (χ3v) is 6.29. The van der Waals surface area contributed by atoms with Crippen LogP contribution in [0.25, 0.3) is 0 Å². The van der Waals surface area contributed by atoms with E-state index in [9.17, 15) is 4.79 Å². The molecule has 2 amide bonds. The zero-order chi connectivity index (χ0) is 18.5. The summed E-state index contributed by atoms with van der Waals surface area (Å²) in [4.78, 5) is 24.4. The summed E-state index contributed by atoms with van der Waals surface area (Å²) in [7, 11) is 0. The number of likely N-dealkylation sites (tertiary alicyclic amines) is 2. The van der Waals surface area contributed by atoms with Crippen LogP contribution in [0.3, 0.4) is 0 Å². The highest BCUT2D eigenvalue weighted by atomic mass is 16.2. The van der Waals surface area contributed by atoms with Crippen molar-refractivity contribution in [2.24, 2.45) is 0 Å². The van der Waals surface area contributed by atoms with Crippen LogP contribution in [0.15, 0.2) is 18.3 Å². The van der Waals surface area contributed by atoms with Gasteiger partial charge in [0.2, 0.25) is 0 Å². The molecule has 1 unspecified atom stereocenters. The molecule has 0 saturated carbocycles. The largest absolute Gasteiger partial charge is 0.356 e. The van der Waals surface area contributed by atoms with Gasteiger partial charge in [0, 0.05) is 50.5 Å². The van der Waals surface area contributed by atoms with Gasteiger partial charge in [-0.1, -0.05) is 6.07 Å². The number of rotatable bonds is 4. The highest BCUT2D eigenvalue weighted by molar-refractivity contribution is 5.74. The van der Waals surface area contributed by atoms with Crippen molar-refractivity contribution < 1.29 is 4.79 Å². The Kier molecular flexibility index (Phi) is 6.12. The average molecular weight is 372 g/mol. The molecule has 0 radical (unpaired) electrons. The summed E-state index contributed by atoms with van der Waals surface area (Å²) in [5.41, 5.74) is 1.13. The zero-order valence-corrected chi connectivity index (χ0v) is 16.4. The first-order valence-electron chi connectivity index (χ1n) is 10.8. The highest BCUT2D eigenvalue weighted by Gasteiger charge is 2.29. The molecular weight excluding hydrogens is 338 g/mol. The maximum Gasteiger partial charge on any atom is 0.317 e. The van der Waals surface area contributed by atoms with Crippen LogP contribution in [0.5, 0.6) is 0 Å². The number of carbonyl (C=O) groups is 1. The van der Waals surface area contributed by atoms with Crippen molar-refractivity contribution in [2.45, 2.75) is 57.5 Å². The van der Waals surface area contributed by atoms with Crippen molar-refractivity contribution in [1.82, 2.24) is 20.1 Å². The molecule has 6 heteroatoms. The fraction of sp³-hybridized carbons (Fsp3) is 0.714. The third-order valence-electron chi connectivity index (χ3n) is 6.29. The molecule has 148 valence electrons. The molecule has 27 heavy (non-hydrogen) atoms. The van der Waals surface area contributed by atoms with E-state index in [1.165, 1.54) is 51.6 Å². The quantitative estimate of drug-likeness (QED) is 0.884. The molecule has 0 aliphatic carbocycles. The predicted octanol–water partition coefficient (Wildman–Crippen LogP) is 2.84. The van der Waals surface area contributed by atoms with Gasteiger partial charge in [0.25, 0.3) is 0 Å². The lowest BCUT2D eigenvalue weighted by molar-refractivity contribution is 0.125. The molecule has 0 bridgehead atoms. The van der Waals surface area contributed by atoms with Crippen molar-refractivity contribution in [3.8, 4) is 0 Å². The summed E-state index contributed by atoms with van der Waals surface area (Å²) in [6, 6.07) is 4.70. The summed E-state index contributed by atoms with van der Waals surface area (Å²) in [6.07, 6.45) is 10.6. The van der Waals surface area contributed by atoms with Gasteiger partial charge >= 0.3 is 6.03 Å². The minimum absolute atomic E-state index is 0.0762. The van der Waals surface area contributed by atoms with Crippen LogP contribution in [0.2, 0.25) is 0 Å². The minimum Gasteiger partial charge on any atom is -0.356 e. The van der Waals surface area contributed by atoms with Crippen LogP contribution in [0.4, 0.5) is 10.6 Å². The molecule has 1 N–H and O–H groups in total. The minimum atomic E-state index is 0.0762. The zero-order valence-electron chi connectivity index (χ0n) is 16.4. The lowest BCUT2D eigenvalue weighted by atomic mass is 10.0. The molecule has 0 aromatic carbocycles. The Morgan fingerprint density at radius 2 is 1.81 bits per heavy atom. The number of anilines is 1. The maximum atomic E-state index is 12.8. The number of hydrogen-bond donors (Lipinski definition) is 1. The first kappa shape index (κ1) is 18.5. The Morgan fingerprint density at radius 3 is 2.63 bits per heavy atom. The van der Waals surface area contributed by atoms with Gasteiger partial charge in [-0.3, -0.25) is 4.90 Å². The molecule has 3 aliphatic rings. The number of urea groups is 1. The number of nitrogens with zero attached hydrogens (tertiary/aromatic N) is 4. The average Bonchev–Trinajstić information content (AvgIpc) is 3.28. The molecule has 3 fully saturated rings. The van der Waals surface area contributed by atoms with Gasteiger partial charge in [-0.15, -0.1) is 0 Å². The number of amides is 2. The second-order valence-electron chi connectivity index (χ2n) is 8.18. The van der Waals surface area contributed by atoms with Gasteiger partial charge < -0.3 is 15.1 Å². The fourth-order valence-corrected chi connectivity index (χ4v) is 4.79. The van der Waals surface area contributed by atoms with E-state index >= 15 is 0 Å². The Balaban J connectivity index is 1.33. The fourth-order valence-electron chi connectivity index (χ4n) is 4.79. The molecule has 4 rings (SSSR count). The van der Waals surface area contributed by atoms with Crippen LogP contribution in [-0.2, 0) is 6.54 Å². The van der Waals surface area contributed by atoms with Crippen molar-refractivity contribution in [1.29, 1.82) is 0 Å². The summed E-state index contributed by atoms with van der Waals surface area (Å²) in [6.45, 7) is 6.86. The maximum absolute atomic E-state index is 12.8. The second-order valence-corrected chi connectivity index (χ2v) is 8.18. The first-order chi connectivity index (χ1) is 13.3. The van der Waals surface area contributed by atoms with E-state index in [1.54, 1.807) is 0 Å². The van der Waals surface area contributed by atoms with Crippen molar-refractivity contribution in [2.75, 3.05) is 44.2 Å². The summed E-state index contributed by atoms with van der Waals surface area (Å²) in [5, 5.41) is 3.16. The number of pyridine rings is 1. The van der Waals surface area contributed by atoms with Gasteiger partial charge in [0.15, 0.2) is 0 Å². The van der Waals surface area contributed by atoms with Gasteiger partial charge in [-0.25, -0.2) is 9.78 Å². The van der Waals surface area contributed by atoms with Crippen molar-refractivity contribution in [3.63, 3.8) is 0 Å². The third kappa shape index (κ3) is 4.54. The van der Waals surface area contributed by atoms with Crippen LogP contribution < -0.4 is 10.2 Å². The molecular formula is C21H33N5O. The number of aromatic nitrogens is 1. The highest BCUT2D eigenvalue weighted by Crippen LogP contribution is 2.23. The van der Waals surface area contributed by atoms with Crippen LogP contribution in [-0.4, -0.2) is 66.1 Å². The van der Waals surface area contributed by atoms with E-state index in [4.69, 9.17) is 0 Å². The molecule has 1 aromatic rings. The molecule has 0 spiro atoms. The molecule has 6 nitrogen and oxygen atoms in total. The van der Waals surface area contributed by atoms with E-state index in [-0.39, 0.29) is 6.03 Å². The summed E-state index contributed by atoms with van der Waals surface area (Å²) >= 11 is 0. The van der Waals surface area contributed by atoms with E-state index in [0.29, 0.717) is 12.6 Å². The van der Waals surface area contributed by atoms with E-state index in [2.05, 4.69) is 26.2 Å². The Bertz CT molecular complexity index is 625. The van der Waals surface area contributed by atoms with Gasteiger partial charge in [0.1, 0.15) is 5.82 Å². The monoisotopic (exact) mass is 371 g/mol. The summed E-state index contributed by atoms with van der Waals surface area (Å²) in [5.74, 6) is 1.05. The lowest BCUT2D eigenvalue weighted by Crippen LogP contribution is -2.51. The Labute approximate surface area is 162 Å². The van der Waals surface area contributed by atoms with Crippen molar-refractivity contribution >= 4 is 11.8 Å². The first-order valence-corrected chi connectivity index (χ1v) is 10.8. The SMILES string of the molecule is O=C(NCc1cccnc1N1CCCCC1)N1CCCC(N2CCCC2)C1. The topological polar surface area (TPSA) is 51.7 Å². The number of hydrogen-bond acceptors (Lipinski definition) is 4. The molecule has 1 atom stereocenters. The molecule has 3 saturated heterocycles. The van der Waals surface area contributed by atoms with Crippen molar-refractivity contribution in [3.05, 3.63) is 23.9 Å². The number of nitrogens with one attached hydrogen (secondary N) is 1. The Morgan fingerprint density at radius 1 is 1.04 bits per heavy atom.